The molecule has 1 rings (SSSR count). The van der Waals surface area contributed by atoms with Crippen molar-refractivity contribution in [3.63, 3.8) is 0 Å². The molecule has 1 aromatic rings. The molecule has 0 aromatic carbocycles. The van der Waals surface area contributed by atoms with Gasteiger partial charge < -0.3 is 10.4 Å². The average Bonchev–Trinajstić information content (AvgIpc) is 2.48. The van der Waals surface area contributed by atoms with E-state index in [1.807, 2.05) is 20.0 Å². The minimum Gasteiger partial charge on any atom is -0.480 e. The zero-order valence-corrected chi connectivity index (χ0v) is 7.69. The van der Waals surface area contributed by atoms with Gasteiger partial charge >= 0.3 is 5.97 Å². The van der Waals surface area contributed by atoms with E-state index in [2.05, 4.69) is 10.4 Å². The van der Waals surface area contributed by atoms with E-state index in [4.69, 9.17) is 5.11 Å². The van der Waals surface area contributed by atoms with Gasteiger partial charge in [-0.1, -0.05) is 0 Å². The fraction of sp³-hybridized carbons (Fsp3) is 0.500. The van der Waals surface area contributed by atoms with Crippen molar-refractivity contribution < 1.29 is 9.90 Å². The molecular formula is C8H13N3O2. The van der Waals surface area contributed by atoms with Crippen molar-refractivity contribution in [2.24, 2.45) is 0 Å². The van der Waals surface area contributed by atoms with Crippen molar-refractivity contribution in [3.05, 3.63) is 12.3 Å². The zero-order chi connectivity index (χ0) is 9.84. The second kappa shape index (κ2) is 3.93. The third-order valence-electron chi connectivity index (χ3n) is 1.56. The highest BCUT2D eigenvalue weighted by Gasteiger charge is 2.02. The molecule has 72 valence electrons. The number of nitrogens with one attached hydrogen (secondary N) is 1. The molecule has 0 aliphatic rings. The smallest absolute Gasteiger partial charge is 0.322 e. The van der Waals surface area contributed by atoms with E-state index in [9.17, 15) is 4.79 Å². The monoisotopic (exact) mass is 183 g/mol. The van der Waals surface area contributed by atoms with Crippen molar-refractivity contribution in [3.8, 4) is 0 Å². The van der Waals surface area contributed by atoms with Crippen LogP contribution in [-0.2, 0) is 4.79 Å². The first-order valence-corrected chi connectivity index (χ1v) is 4.10. The van der Waals surface area contributed by atoms with E-state index in [0.717, 1.165) is 0 Å². The number of aromatic nitrogens is 2. The highest BCUT2D eigenvalue weighted by atomic mass is 16.4. The molecule has 0 fully saturated rings. The van der Waals surface area contributed by atoms with E-state index >= 15 is 0 Å². The molecule has 1 heterocycles. The van der Waals surface area contributed by atoms with Crippen molar-refractivity contribution in [1.82, 2.24) is 9.78 Å². The number of nitrogens with zero attached hydrogens (tertiary/aromatic N) is 2. The lowest BCUT2D eigenvalue weighted by atomic mass is 10.4. The molecule has 5 heteroatoms. The van der Waals surface area contributed by atoms with Crippen LogP contribution < -0.4 is 5.32 Å². The van der Waals surface area contributed by atoms with Crippen LogP contribution in [0.1, 0.15) is 19.9 Å². The van der Waals surface area contributed by atoms with Gasteiger partial charge in [0.2, 0.25) is 0 Å². The molecule has 0 amide bonds. The summed E-state index contributed by atoms with van der Waals surface area (Å²) < 4.78 is 1.77. The second-order valence-electron chi connectivity index (χ2n) is 3.02. The molecule has 5 nitrogen and oxygen atoms in total. The number of aliphatic carboxylic acids is 1. The van der Waals surface area contributed by atoms with Gasteiger partial charge in [0.15, 0.2) is 0 Å². The quantitative estimate of drug-likeness (QED) is 0.729. The van der Waals surface area contributed by atoms with Crippen molar-refractivity contribution >= 4 is 11.8 Å². The number of anilines is 1. The van der Waals surface area contributed by atoms with Gasteiger partial charge in [-0.15, -0.1) is 0 Å². The summed E-state index contributed by atoms with van der Waals surface area (Å²) in [5.41, 5.74) is 0. The molecule has 0 atom stereocenters. The minimum absolute atomic E-state index is 0.102. The number of carboxylic acids is 1. The number of carboxylic acid groups (broad SMARTS) is 1. The Morgan fingerprint density at radius 3 is 2.92 bits per heavy atom. The summed E-state index contributed by atoms with van der Waals surface area (Å²) in [7, 11) is 0. The SMILES string of the molecule is CC(C)n1ccc(NCC(=O)O)n1. The molecule has 0 aliphatic carbocycles. The lowest BCUT2D eigenvalue weighted by Gasteiger charge is -2.03. The van der Waals surface area contributed by atoms with E-state index in [1.54, 1.807) is 10.7 Å². The predicted octanol–water partition coefficient (Wildman–Crippen LogP) is 0.960. The minimum atomic E-state index is -0.890. The van der Waals surface area contributed by atoms with Crippen molar-refractivity contribution in [2.75, 3.05) is 11.9 Å². The van der Waals surface area contributed by atoms with Crippen LogP contribution in [0.15, 0.2) is 12.3 Å². The van der Waals surface area contributed by atoms with E-state index in [-0.39, 0.29) is 6.54 Å². The van der Waals surface area contributed by atoms with Crippen LogP contribution in [0, 0.1) is 0 Å². The van der Waals surface area contributed by atoms with E-state index < -0.39 is 5.97 Å². The molecule has 0 spiro atoms. The molecule has 0 saturated heterocycles. The van der Waals surface area contributed by atoms with Gasteiger partial charge in [-0.05, 0) is 13.8 Å². The Morgan fingerprint density at radius 2 is 2.46 bits per heavy atom. The fourth-order valence-corrected chi connectivity index (χ4v) is 0.886. The Morgan fingerprint density at radius 1 is 1.77 bits per heavy atom. The number of rotatable bonds is 4. The van der Waals surface area contributed by atoms with Gasteiger partial charge in [0.05, 0.1) is 0 Å². The van der Waals surface area contributed by atoms with Gasteiger partial charge in [0.25, 0.3) is 0 Å². The molecule has 2 N–H and O–H groups in total. The average molecular weight is 183 g/mol. The van der Waals surface area contributed by atoms with E-state index in [0.29, 0.717) is 11.9 Å². The fourth-order valence-electron chi connectivity index (χ4n) is 0.886. The van der Waals surface area contributed by atoms with Crippen LogP contribution in [0.2, 0.25) is 0 Å². The summed E-state index contributed by atoms with van der Waals surface area (Å²) in [5, 5.41) is 15.2. The van der Waals surface area contributed by atoms with Crippen LogP contribution in [0.5, 0.6) is 0 Å². The van der Waals surface area contributed by atoms with Crippen LogP contribution >= 0.6 is 0 Å². The molecule has 13 heavy (non-hydrogen) atoms. The maximum Gasteiger partial charge on any atom is 0.322 e. The number of hydrogen-bond donors (Lipinski definition) is 2. The van der Waals surface area contributed by atoms with Gasteiger partial charge in [0, 0.05) is 18.3 Å². The summed E-state index contributed by atoms with van der Waals surface area (Å²) in [6, 6.07) is 2.04. The number of carbonyl (C=O) groups is 1. The zero-order valence-electron chi connectivity index (χ0n) is 7.69. The first-order chi connectivity index (χ1) is 6.09. The third-order valence-corrected chi connectivity index (χ3v) is 1.56. The summed E-state index contributed by atoms with van der Waals surface area (Å²) in [5.74, 6) is -0.296. The topological polar surface area (TPSA) is 67.2 Å². The number of hydrogen-bond acceptors (Lipinski definition) is 3. The van der Waals surface area contributed by atoms with Gasteiger partial charge in [-0.2, -0.15) is 5.10 Å². The predicted molar refractivity (Wildman–Crippen MR) is 48.7 cm³/mol. The molecule has 0 unspecified atom stereocenters. The summed E-state index contributed by atoms with van der Waals surface area (Å²) >= 11 is 0. The van der Waals surface area contributed by atoms with Crippen LogP contribution in [0.4, 0.5) is 5.82 Å². The Kier molecular flexibility index (Phi) is 2.89. The van der Waals surface area contributed by atoms with Crippen LogP contribution in [0.3, 0.4) is 0 Å². The van der Waals surface area contributed by atoms with Crippen molar-refractivity contribution in [1.29, 1.82) is 0 Å². The van der Waals surface area contributed by atoms with Gasteiger partial charge in [-0.3, -0.25) is 9.48 Å². The Bertz CT molecular complexity index is 293. The maximum atomic E-state index is 10.2. The Balaban J connectivity index is 2.54. The Labute approximate surface area is 76.4 Å². The van der Waals surface area contributed by atoms with Gasteiger partial charge in [0.1, 0.15) is 12.4 Å². The molecule has 1 aromatic heterocycles. The maximum absolute atomic E-state index is 10.2. The highest BCUT2D eigenvalue weighted by molar-refractivity contribution is 5.72. The molecular weight excluding hydrogens is 170 g/mol. The second-order valence-corrected chi connectivity index (χ2v) is 3.02. The first kappa shape index (κ1) is 9.57. The molecule has 0 radical (unpaired) electrons. The standard InChI is InChI=1S/C8H13N3O2/c1-6(2)11-4-3-7(10-11)9-5-8(12)13/h3-4,6H,5H2,1-2H3,(H,9,10)(H,12,13). The largest absolute Gasteiger partial charge is 0.480 e. The first-order valence-electron chi connectivity index (χ1n) is 4.10. The molecule has 0 saturated carbocycles. The summed E-state index contributed by atoms with van der Waals surface area (Å²) in [4.78, 5) is 10.2. The lowest BCUT2D eigenvalue weighted by molar-refractivity contribution is -0.134. The van der Waals surface area contributed by atoms with Crippen LogP contribution in [0.25, 0.3) is 0 Å². The molecule has 0 bridgehead atoms. The highest BCUT2D eigenvalue weighted by Crippen LogP contribution is 2.07. The lowest BCUT2D eigenvalue weighted by Crippen LogP contribution is -2.13. The van der Waals surface area contributed by atoms with Crippen LogP contribution in [-0.4, -0.2) is 27.4 Å². The summed E-state index contributed by atoms with van der Waals surface area (Å²) in [6.45, 7) is 3.91. The van der Waals surface area contributed by atoms with E-state index in [1.165, 1.54) is 0 Å². The van der Waals surface area contributed by atoms with Gasteiger partial charge in [-0.25, -0.2) is 0 Å². The Hall–Kier alpha value is -1.52. The normalized spacial score (nSPS) is 10.4. The van der Waals surface area contributed by atoms with Crippen molar-refractivity contribution in [2.45, 2.75) is 19.9 Å². The summed E-state index contributed by atoms with van der Waals surface area (Å²) in [6.07, 6.45) is 1.81. The molecule has 0 aliphatic heterocycles. The third kappa shape index (κ3) is 2.77.